The van der Waals surface area contributed by atoms with Gasteiger partial charge in [0.2, 0.25) is 0 Å². The second-order valence-corrected chi connectivity index (χ2v) is 1.62. The summed E-state index contributed by atoms with van der Waals surface area (Å²) in [6.45, 7) is 4.06. The molecule has 0 bridgehead atoms. The molecular weight excluding hydrogens is 140 g/mol. The predicted molar refractivity (Wildman–Crippen MR) is 48.2 cm³/mol. The lowest BCUT2D eigenvalue weighted by Gasteiger charge is -1.82. The maximum absolute atomic E-state index is 4.59. The van der Waals surface area contributed by atoms with E-state index in [0.717, 1.165) is 0 Å². The van der Waals surface area contributed by atoms with Crippen molar-refractivity contribution in [2.24, 2.45) is 9.98 Å². The lowest BCUT2D eigenvalue weighted by atomic mass is 10.6. The molecule has 3 heteroatoms. The maximum atomic E-state index is 4.59. The van der Waals surface area contributed by atoms with E-state index in [0.29, 0.717) is 6.54 Å². The van der Waals surface area contributed by atoms with Gasteiger partial charge in [-0.05, 0) is 6.08 Å². The largest absolute Gasteiger partial charge is 0.487 e. The molecule has 0 amide bonds. The van der Waals surface area contributed by atoms with E-state index < -0.39 is 0 Å². The second kappa shape index (κ2) is 8.62. The Morgan fingerprint density at radius 2 is 2.36 bits per heavy atom. The third-order valence-electron chi connectivity index (χ3n) is 0.774. The standard InChI is InChI=1S/C8H12N2O/c1-3-5-9-6-4-7-10-8-11-2/h3-6,8H,1,7H2,2H3/b6-4-,9-5-,10-8-. The van der Waals surface area contributed by atoms with Gasteiger partial charge in [-0.3, -0.25) is 9.98 Å². The zero-order valence-electron chi connectivity index (χ0n) is 6.60. The predicted octanol–water partition coefficient (Wildman–Crippen LogP) is 1.43. The fourth-order valence-electron chi connectivity index (χ4n) is 0.397. The molecule has 0 heterocycles. The first-order valence-electron chi connectivity index (χ1n) is 3.22. The minimum atomic E-state index is 0.586. The molecular formula is C8H12N2O. The molecule has 0 saturated carbocycles. The van der Waals surface area contributed by atoms with Crippen LogP contribution in [0.15, 0.2) is 34.9 Å². The van der Waals surface area contributed by atoms with Crippen molar-refractivity contribution >= 4 is 12.6 Å². The number of hydrogen-bond acceptors (Lipinski definition) is 3. The van der Waals surface area contributed by atoms with Crippen molar-refractivity contribution in [2.45, 2.75) is 0 Å². The van der Waals surface area contributed by atoms with E-state index in [2.05, 4.69) is 21.3 Å². The van der Waals surface area contributed by atoms with Gasteiger partial charge in [-0.1, -0.05) is 12.7 Å². The van der Waals surface area contributed by atoms with Gasteiger partial charge in [0, 0.05) is 12.4 Å². The summed E-state index contributed by atoms with van der Waals surface area (Å²) in [5.74, 6) is 0. The number of ether oxygens (including phenoxy) is 1. The van der Waals surface area contributed by atoms with Gasteiger partial charge in [0.1, 0.15) is 0 Å². The van der Waals surface area contributed by atoms with E-state index in [4.69, 9.17) is 0 Å². The first-order chi connectivity index (χ1) is 5.41. The minimum absolute atomic E-state index is 0.586. The van der Waals surface area contributed by atoms with E-state index in [9.17, 15) is 0 Å². The highest BCUT2D eigenvalue weighted by molar-refractivity contribution is 5.70. The third-order valence-corrected chi connectivity index (χ3v) is 0.774. The second-order valence-electron chi connectivity index (χ2n) is 1.62. The molecule has 0 N–H and O–H groups in total. The summed E-state index contributed by atoms with van der Waals surface area (Å²) in [5.41, 5.74) is 0. The van der Waals surface area contributed by atoms with E-state index >= 15 is 0 Å². The molecule has 0 aromatic heterocycles. The molecule has 0 rings (SSSR count). The van der Waals surface area contributed by atoms with E-state index in [1.165, 1.54) is 6.40 Å². The average molecular weight is 152 g/mol. The Morgan fingerprint density at radius 1 is 1.55 bits per heavy atom. The molecule has 60 valence electrons. The molecule has 0 aromatic rings. The van der Waals surface area contributed by atoms with E-state index in [-0.39, 0.29) is 0 Å². The van der Waals surface area contributed by atoms with Crippen LogP contribution in [0, 0.1) is 0 Å². The Balaban J connectivity index is 3.36. The van der Waals surface area contributed by atoms with Gasteiger partial charge >= 0.3 is 0 Å². The number of allylic oxidation sites excluding steroid dienone is 1. The highest BCUT2D eigenvalue weighted by Crippen LogP contribution is 1.75. The van der Waals surface area contributed by atoms with E-state index in [1.54, 1.807) is 25.6 Å². The number of aliphatic imine (C=N–C) groups is 2. The summed E-state index contributed by atoms with van der Waals surface area (Å²) < 4.78 is 4.59. The molecule has 0 aliphatic heterocycles. The van der Waals surface area contributed by atoms with Gasteiger partial charge in [-0.25, -0.2) is 0 Å². The van der Waals surface area contributed by atoms with Crippen LogP contribution in [0.3, 0.4) is 0 Å². The topological polar surface area (TPSA) is 34.0 Å². The molecule has 0 aromatic carbocycles. The van der Waals surface area contributed by atoms with Crippen LogP contribution >= 0.6 is 0 Å². The normalized spacial score (nSPS) is 11.7. The summed E-state index contributed by atoms with van der Waals surface area (Å²) in [4.78, 5) is 7.70. The van der Waals surface area contributed by atoms with E-state index in [1.807, 2.05) is 6.08 Å². The van der Waals surface area contributed by atoms with Crippen molar-refractivity contribution in [3.05, 3.63) is 24.9 Å². The number of nitrogens with zero attached hydrogens (tertiary/aromatic N) is 2. The van der Waals surface area contributed by atoms with Crippen molar-refractivity contribution in [1.29, 1.82) is 0 Å². The van der Waals surface area contributed by atoms with Crippen LogP contribution in [0.5, 0.6) is 0 Å². The molecule has 0 aliphatic carbocycles. The zero-order valence-corrected chi connectivity index (χ0v) is 6.60. The highest BCUT2D eigenvalue weighted by Gasteiger charge is 1.67. The number of methoxy groups -OCH3 is 1. The van der Waals surface area contributed by atoms with Crippen LogP contribution in [-0.2, 0) is 4.74 Å². The van der Waals surface area contributed by atoms with Crippen LogP contribution in [-0.4, -0.2) is 26.3 Å². The molecule has 11 heavy (non-hydrogen) atoms. The number of hydrogen-bond donors (Lipinski definition) is 0. The SMILES string of the molecule is C=C/C=N\C=C/C/N=C\OC. The monoisotopic (exact) mass is 152 g/mol. The van der Waals surface area contributed by atoms with Gasteiger partial charge in [0.05, 0.1) is 13.7 Å². The lowest BCUT2D eigenvalue weighted by molar-refractivity contribution is 0.421. The zero-order chi connectivity index (χ0) is 8.36. The van der Waals surface area contributed by atoms with Gasteiger partial charge in [0.25, 0.3) is 0 Å². The van der Waals surface area contributed by atoms with Crippen molar-refractivity contribution in [1.82, 2.24) is 0 Å². The first-order valence-corrected chi connectivity index (χ1v) is 3.22. The van der Waals surface area contributed by atoms with Crippen molar-refractivity contribution in [3.63, 3.8) is 0 Å². The Labute approximate surface area is 66.8 Å². The maximum Gasteiger partial charge on any atom is 0.169 e. The fourth-order valence-corrected chi connectivity index (χ4v) is 0.397. The van der Waals surface area contributed by atoms with Crippen molar-refractivity contribution in [2.75, 3.05) is 13.7 Å². The Hall–Kier alpha value is -1.38. The summed E-state index contributed by atoms with van der Waals surface area (Å²) in [6.07, 6.45) is 8.09. The minimum Gasteiger partial charge on any atom is -0.487 e. The van der Waals surface area contributed by atoms with Gasteiger partial charge in [-0.2, -0.15) is 0 Å². The fraction of sp³-hybridized carbons (Fsp3) is 0.250. The van der Waals surface area contributed by atoms with Crippen LogP contribution in [0.2, 0.25) is 0 Å². The first kappa shape index (κ1) is 9.62. The molecule has 0 atom stereocenters. The Morgan fingerprint density at radius 3 is 3.00 bits per heavy atom. The van der Waals surface area contributed by atoms with Gasteiger partial charge in [0.15, 0.2) is 6.40 Å². The Kier molecular flexibility index (Phi) is 7.54. The molecule has 0 saturated heterocycles. The van der Waals surface area contributed by atoms with Crippen LogP contribution < -0.4 is 0 Å². The molecule has 0 radical (unpaired) electrons. The molecule has 0 fully saturated rings. The molecule has 0 spiro atoms. The van der Waals surface area contributed by atoms with Crippen molar-refractivity contribution in [3.8, 4) is 0 Å². The van der Waals surface area contributed by atoms with Crippen LogP contribution in [0.25, 0.3) is 0 Å². The summed E-state index contributed by atoms with van der Waals surface area (Å²) in [5, 5.41) is 0. The number of rotatable bonds is 5. The highest BCUT2D eigenvalue weighted by atomic mass is 16.5. The summed E-state index contributed by atoms with van der Waals surface area (Å²) in [6, 6.07) is 0. The van der Waals surface area contributed by atoms with Gasteiger partial charge in [-0.15, -0.1) is 0 Å². The summed E-state index contributed by atoms with van der Waals surface area (Å²) >= 11 is 0. The molecule has 0 aliphatic rings. The van der Waals surface area contributed by atoms with Gasteiger partial charge < -0.3 is 4.74 Å². The molecule has 3 nitrogen and oxygen atoms in total. The average Bonchev–Trinajstić information content (AvgIpc) is 2.03. The Bertz CT molecular complexity index is 171. The lowest BCUT2D eigenvalue weighted by Crippen LogP contribution is -1.78. The van der Waals surface area contributed by atoms with Crippen molar-refractivity contribution < 1.29 is 4.74 Å². The third kappa shape index (κ3) is 8.62. The van der Waals surface area contributed by atoms with Crippen LogP contribution in [0.1, 0.15) is 0 Å². The molecule has 0 unspecified atom stereocenters. The quantitative estimate of drug-likeness (QED) is 0.433. The smallest absolute Gasteiger partial charge is 0.169 e. The van der Waals surface area contributed by atoms with Crippen LogP contribution in [0.4, 0.5) is 0 Å². The summed E-state index contributed by atoms with van der Waals surface area (Å²) in [7, 11) is 1.56.